The lowest BCUT2D eigenvalue weighted by Crippen LogP contribution is -2.34. The summed E-state index contributed by atoms with van der Waals surface area (Å²) in [7, 11) is 0. The predicted molar refractivity (Wildman–Crippen MR) is 113 cm³/mol. The second-order valence-corrected chi connectivity index (χ2v) is 7.61. The lowest BCUT2D eigenvalue weighted by Gasteiger charge is -2.13. The van der Waals surface area contributed by atoms with Crippen molar-refractivity contribution in [2.24, 2.45) is 0 Å². The summed E-state index contributed by atoms with van der Waals surface area (Å²) >= 11 is 8.68. The highest BCUT2D eigenvalue weighted by atomic mass is 79.9. The SMILES string of the molecule is Cc1ccc(C(=O)NC(=S)Nc2cccc(OCC3CCCO3)c2)cc1Br. The quantitative estimate of drug-likeness (QED) is 0.661. The van der Waals surface area contributed by atoms with Crippen molar-refractivity contribution in [1.29, 1.82) is 0 Å². The molecule has 5 nitrogen and oxygen atoms in total. The van der Waals surface area contributed by atoms with E-state index in [0.29, 0.717) is 12.2 Å². The number of amides is 1. The van der Waals surface area contributed by atoms with E-state index in [4.69, 9.17) is 21.7 Å². The van der Waals surface area contributed by atoms with E-state index >= 15 is 0 Å². The molecule has 1 atom stereocenters. The van der Waals surface area contributed by atoms with E-state index in [-0.39, 0.29) is 17.1 Å². The van der Waals surface area contributed by atoms with Crippen molar-refractivity contribution in [2.75, 3.05) is 18.5 Å². The van der Waals surface area contributed by atoms with E-state index in [1.807, 2.05) is 37.3 Å². The van der Waals surface area contributed by atoms with Crippen molar-refractivity contribution >= 4 is 44.9 Å². The molecule has 0 bridgehead atoms. The highest BCUT2D eigenvalue weighted by Crippen LogP contribution is 2.20. The van der Waals surface area contributed by atoms with Crippen LogP contribution >= 0.6 is 28.1 Å². The zero-order chi connectivity index (χ0) is 19.2. The van der Waals surface area contributed by atoms with Gasteiger partial charge in [-0.2, -0.15) is 0 Å². The number of rotatable bonds is 5. The van der Waals surface area contributed by atoms with Gasteiger partial charge in [0.1, 0.15) is 12.4 Å². The number of hydrogen-bond donors (Lipinski definition) is 2. The van der Waals surface area contributed by atoms with Crippen LogP contribution in [0.15, 0.2) is 46.9 Å². The smallest absolute Gasteiger partial charge is 0.257 e. The third kappa shape index (κ3) is 5.76. The molecule has 2 aromatic carbocycles. The molecule has 0 aliphatic carbocycles. The third-order valence-electron chi connectivity index (χ3n) is 4.21. The fourth-order valence-electron chi connectivity index (χ4n) is 2.70. The van der Waals surface area contributed by atoms with Crippen LogP contribution in [-0.4, -0.2) is 30.3 Å². The highest BCUT2D eigenvalue weighted by Gasteiger charge is 2.16. The van der Waals surface area contributed by atoms with E-state index in [1.54, 1.807) is 12.1 Å². The van der Waals surface area contributed by atoms with Gasteiger partial charge in [-0.3, -0.25) is 10.1 Å². The zero-order valence-corrected chi connectivity index (χ0v) is 17.4. The first kappa shape index (κ1) is 19.8. The Hall–Kier alpha value is -1.96. The van der Waals surface area contributed by atoms with E-state index < -0.39 is 0 Å². The van der Waals surface area contributed by atoms with Crippen molar-refractivity contribution in [1.82, 2.24) is 5.32 Å². The molecule has 142 valence electrons. The minimum absolute atomic E-state index is 0.163. The first-order chi connectivity index (χ1) is 13.0. The standard InChI is InChI=1S/C20H21BrN2O3S/c1-13-7-8-14(10-18(13)21)19(24)23-20(27)22-15-4-2-5-16(11-15)26-12-17-6-3-9-25-17/h2,4-5,7-8,10-11,17H,3,6,9,12H2,1H3,(H2,22,23,24,27). The first-order valence-corrected chi connectivity index (χ1v) is 9.94. The number of hydrogen-bond acceptors (Lipinski definition) is 4. The molecular formula is C20H21BrN2O3S. The average Bonchev–Trinajstić information content (AvgIpc) is 3.16. The predicted octanol–water partition coefficient (Wildman–Crippen LogP) is 4.44. The van der Waals surface area contributed by atoms with Gasteiger partial charge < -0.3 is 14.8 Å². The maximum Gasteiger partial charge on any atom is 0.257 e. The van der Waals surface area contributed by atoms with Crippen LogP contribution < -0.4 is 15.4 Å². The summed E-state index contributed by atoms with van der Waals surface area (Å²) < 4.78 is 12.2. The van der Waals surface area contributed by atoms with Gasteiger partial charge in [-0.1, -0.05) is 28.1 Å². The fourth-order valence-corrected chi connectivity index (χ4v) is 3.29. The molecule has 1 aliphatic heterocycles. The van der Waals surface area contributed by atoms with E-state index in [9.17, 15) is 4.79 Å². The number of halogens is 1. The molecule has 0 radical (unpaired) electrons. The Morgan fingerprint density at radius 3 is 2.93 bits per heavy atom. The molecule has 1 aliphatic rings. The minimum atomic E-state index is -0.265. The van der Waals surface area contributed by atoms with Crippen LogP contribution in [0.25, 0.3) is 0 Å². The van der Waals surface area contributed by atoms with E-state index in [1.165, 1.54) is 0 Å². The summed E-state index contributed by atoms with van der Waals surface area (Å²) in [6.45, 7) is 3.31. The van der Waals surface area contributed by atoms with Crippen molar-refractivity contribution < 1.29 is 14.3 Å². The van der Waals surface area contributed by atoms with Gasteiger partial charge in [-0.25, -0.2) is 0 Å². The molecule has 1 unspecified atom stereocenters. The largest absolute Gasteiger partial charge is 0.491 e. The van der Waals surface area contributed by atoms with Gasteiger partial charge in [0.25, 0.3) is 5.91 Å². The lowest BCUT2D eigenvalue weighted by atomic mass is 10.1. The zero-order valence-electron chi connectivity index (χ0n) is 15.0. The van der Waals surface area contributed by atoms with E-state index in [2.05, 4.69) is 26.6 Å². The van der Waals surface area contributed by atoms with Gasteiger partial charge in [0.15, 0.2) is 5.11 Å². The molecule has 1 amide bonds. The van der Waals surface area contributed by atoms with Crippen LogP contribution in [0.5, 0.6) is 5.75 Å². The number of nitrogens with one attached hydrogen (secondary N) is 2. The highest BCUT2D eigenvalue weighted by molar-refractivity contribution is 9.10. The Labute approximate surface area is 172 Å². The number of carbonyl (C=O) groups excluding carboxylic acids is 1. The monoisotopic (exact) mass is 448 g/mol. The number of ether oxygens (including phenoxy) is 2. The van der Waals surface area contributed by atoms with Crippen LogP contribution in [0, 0.1) is 6.92 Å². The van der Waals surface area contributed by atoms with Crippen molar-refractivity contribution in [3.63, 3.8) is 0 Å². The Bertz CT molecular complexity index is 838. The van der Waals surface area contributed by atoms with Gasteiger partial charge in [0.05, 0.1) is 6.10 Å². The summed E-state index contributed by atoms with van der Waals surface area (Å²) in [6.07, 6.45) is 2.28. The maximum atomic E-state index is 12.3. The second-order valence-electron chi connectivity index (χ2n) is 6.35. The lowest BCUT2D eigenvalue weighted by molar-refractivity contribution is 0.0680. The molecule has 7 heteroatoms. The summed E-state index contributed by atoms with van der Waals surface area (Å²) in [5, 5.41) is 5.93. The number of carbonyl (C=O) groups is 1. The van der Waals surface area contributed by atoms with Crippen LogP contribution in [0.1, 0.15) is 28.8 Å². The van der Waals surface area contributed by atoms with Crippen LogP contribution in [0.3, 0.4) is 0 Å². The van der Waals surface area contributed by atoms with Gasteiger partial charge in [-0.15, -0.1) is 0 Å². The maximum absolute atomic E-state index is 12.3. The summed E-state index contributed by atoms with van der Waals surface area (Å²) in [6, 6.07) is 12.9. The molecule has 0 spiro atoms. The molecule has 0 saturated carbocycles. The number of thiocarbonyl (C=S) groups is 1. The number of aryl methyl sites for hydroxylation is 1. The fraction of sp³-hybridized carbons (Fsp3) is 0.300. The molecule has 2 N–H and O–H groups in total. The molecule has 27 heavy (non-hydrogen) atoms. The average molecular weight is 449 g/mol. The minimum Gasteiger partial charge on any atom is -0.491 e. The van der Waals surface area contributed by atoms with Gasteiger partial charge in [0, 0.05) is 28.4 Å². The normalized spacial score (nSPS) is 16.0. The molecule has 1 saturated heterocycles. The van der Waals surface area contributed by atoms with Crippen molar-refractivity contribution in [3.05, 3.63) is 58.1 Å². The van der Waals surface area contributed by atoms with Crippen molar-refractivity contribution in [3.8, 4) is 5.75 Å². The van der Waals surface area contributed by atoms with Gasteiger partial charge in [-0.05, 0) is 61.8 Å². The van der Waals surface area contributed by atoms with Gasteiger partial charge in [0.2, 0.25) is 0 Å². The molecule has 0 aromatic heterocycles. The third-order valence-corrected chi connectivity index (χ3v) is 5.27. The Morgan fingerprint density at radius 1 is 1.33 bits per heavy atom. The topological polar surface area (TPSA) is 59.6 Å². The van der Waals surface area contributed by atoms with Crippen molar-refractivity contribution in [2.45, 2.75) is 25.9 Å². The molecule has 2 aromatic rings. The van der Waals surface area contributed by atoms with Crippen LogP contribution in [0.4, 0.5) is 5.69 Å². The summed E-state index contributed by atoms with van der Waals surface area (Å²) in [5.74, 6) is 0.464. The number of anilines is 1. The van der Waals surface area contributed by atoms with Crippen LogP contribution in [0.2, 0.25) is 0 Å². The second kappa shape index (κ2) is 9.30. The Morgan fingerprint density at radius 2 is 2.19 bits per heavy atom. The Kier molecular flexibility index (Phi) is 6.82. The van der Waals surface area contributed by atoms with E-state index in [0.717, 1.165) is 40.9 Å². The molecule has 3 rings (SSSR count). The molecule has 1 heterocycles. The first-order valence-electron chi connectivity index (χ1n) is 8.74. The summed E-state index contributed by atoms with van der Waals surface area (Å²) in [4.78, 5) is 12.3. The van der Waals surface area contributed by atoms with Crippen LogP contribution in [-0.2, 0) is 4.74 Å². The summed E-state index contributed by atoms with van der Waals surface area (Å²) in [5.41, 5.74) is 2.34. The Balaban J connectivity index is 1.54. The number of benzene rings is 2. The van der Waals surface area contributed by atoms with Gasteiger partial charge >= 0.3 is 0 Å². The molecular weight excluding hydrogens is 428 g/mol. The molecule has 1 fully saturated rings.